The second-order valence-corrected chi connectivity index (χ2v) is 4.28. The smallest absolute Gasteiger partial charge is 0.122 e. The summed E-state index contributed by atoms with van der Waals surface area (Å²) in [5.41, 5.74) is 3.69. The molecule has 1 heteroatoms. The lowest BCUT2D eigenvalue weighted by Crippen LogP contribution is -2.04. The van der Waals surface area contributed by atoms with Crippen LogP contribution in [0, 0.1) is 5.92 Å². The molecule has 0 spiro atoms. The highest BCUT2D eigenvalue weighted by molar-refractivity contribution is 5.49. The molecule has 1 atom stereocenters. The molecule has 1 heterocycles. The van der Waals surface area contributed by atoms with Crippen molar-refractivity contribution in [2.24, 2.45) is 5.92 Å². The highest BCUT2D eigenvalue weighted by atomic mass is 16.5. The molecule has 0 amide bonds. The van der Waals surface area contributed by atoms with Crippen molar-refractivity contribution in [2.75, 3.05) is 6.61 Å². The highest BCUT2D eigenvalue weighted by Gasteiger charge is 2.22. The molecule has 0 aromatic rings. The minimum atomic E-state index is 0.377. The third-order valence-electron chi connectivity index (χ3n) is 3.13. The molecular formula is C15H14O. The van der Waals surface area contributed by atoms with Gasteiger partial charge in [0.1, 0.15) is 5.76 Å². The third-order valence-corrected chi connectivity index (χ3v) is 3.13. The van der Waals surface area contributed by atoms with E-state index in [2.05, 4.69) is 43.0 Å². The molecule has 1 unspecified atom stereocenters. The van der Waals surface area contributed by atoms with Crippen LogP contribution in [0.3, 0.4) is 0 Å². The third kappa shape index (κ3) is 1.58. The summed E-state index contributed by atoms with van der Waals surface area (Å²) in [7, 11) is 0. The normalized spacial score (nSPS) is 26.9. The van der Waals surface area contributed by atoms with Crippen LogP contribution in [0.15, 0.2) is 71.6 Å². The Morgan fingerprint density at radius 1 is 1.31 bits per heavy atom. The van der Waals surface area contributed by atoms with Crippen LogP contribution in [0.2, 0.25) is 0 Å². The molecule has 0 aromatic carbocycles. The predicted octanol–water partition coefficient (Wildman–Crippen LogP) is 3.46. The first-order valence-corrected chi connectivity index (χ1v) is 5.64. The molecule has 0 aromatic heterocycles. The van der Waals surface area contributed by atoms with Gasteiger partial charge in [-0.2, -0.15) is 0 Å². The summed E-state index contributed by atoms with van der Waals surface area (Å²) < 4.78 is 5.59. The van der Waals surface area contributed by atoms with E-state index < -0.39 is 0 Å². The van der Waals surface area contributed by atoms with Gasteiger partial charge in [0.05, 0.1) is 6.61 Å². The van der Waals surface area contributed by atoms with Crippen LogP contribution >= 0.6 is 0 Å². The topological polar surface area (TPSA) is 9.23 Å². The fourth-order valence-corrected chi connectivity index (χ4v) is 2.24. The molecular weight excluding hydrogens is 196 g/mol. The van der Waals surface area contributed by atoms with Gasteiger partial charge in [0.2, 0.25) is 0 Å². The van der Waals surface area contributed by atoms with Gasteiger partial charge in [-0.25, -0.2) is 0 Å². The van der Waals surface area contributed by atoms with Crippen LogP contribution in [-0.4, -0.2) is 6.61 Å². The number of rotatable bonds is 0. The Morgan fingerprint density at radius 3 is 3.19 bits per heavy atom. The molecule has 0 radical (unpaired) electrons. The van der Waals surface area contributed by atoms with E-state index in [1.54, 1.807) is 0 Å². The summed E-state index contributed by atoms with van der Waals surface area (Å²) in [5, 5.41) is 0. The quantitative estimate of drug-likeness (QED) is 0.595. The average molecular weight is 210 g/mol. The molecule has 1 aliphatic heterocycles. The summed E-state index contributed by atoms with van der Waals surface area (Å²) in [6.07, 6.45) is 16.0. The summed E-state index contributed by atoms with van der Waals surface area (Å²) >= 11 is 0. The van der Waals surface area contributed by atoms with Crippen LogP contribution in [0.1, 0.15) is 6.42 Å². The minimum Gasteiger partial charge on any atom is -0.493 e. The fourth-order valence-electron chi connectivity index (χ4n) is 2.24. The van der Waals surface area contributed by atoms with Gasteiger partial charge in [0, 0.05) is 12.3 Å². The molecule has 0 N–H and O–H groups in total. The largest absolute Gasteiger partial charge is 0.493 e. The van der Waals surface area contributed by atoms with Gasteiger partial charge in [-0.15, -0.1) is 0 Å². The number of allylic oxidation sites excluding steroid dienone is 10. The predicted molar refractivity (Wildman–Crippen MR) is 65.7 cm³/mol. The SMILES string of the molecule is C=C1C=CC=C2C=C3OCCC3=CC2C=C1. The Hall–Kier alpha value is -1.76. The van der Waals surface area contributed by atoms with E-state index in [0.717, 1.165) is 24.4 Å². The maximum Gasteiger partial charge on any atom is 0.122 e. The average Bonchev–Trinajstić information content (AvgIpc) is 2.70. The number of fused-ring (bicyclic) bond motifs is 2. The second-order valence-electron chi connectivity index (χ2n) is 4.28. The van der Waals surface area contributed by atoms with Crippen molar-refractivity contribution in [1.29, 1.82) is 0 Å². The van der Waals surface area contributed by atoms with Gasteiger partial charge in [0.15, 0.2) is 0 Å². The molecule has 3 aliphatic rings. The second kappa shape index (κ2) is 3.67. The van der Waals surface area contributed by atoms with Crippen LogP contribution in [0.4, 0.5) is 0 Å². The molecule has 16 heavy (non-hydrogen) atoms. The monoisotopic (exact) mass is 210 g/mol. The maximum absolute atomic E-state index is 5.59. The lowest BCUT2D eigenvalue weighted by Gasteiger charge is -2.18. The van der Waals surface area contributed by atoms with E-state index in [0.29, 0.717) is 5.92 Å². The lowest BCUT2D eigenvalue weighted by molar-refractivity contribution is 0.265. The van der Waals surface area contributed by atoms with Crippen LogP contribution in [0.25, 0.3) is 0 Å². The molecule has 1 fully saturated rings. The fraction of sp³-hybridized carbons (Fsp3) is 0.200. The van der Waals surface area contributed by atoms with Crippen molar-refractivity contribution in [3.8, 4) is 0 Å². The van der Waals surface area contributed by atoms with E-state index in [9.17, 15) is 0 Å². The first-order valence-electron chi connectivity index (χ1n) is 5.64. The lowest BCUT2D eigenvalue weighted by atomic mass is 9.88. The van der Waals surface area contributed by atoms with E-state index in [-0.39, 0.29) is 0 Å². The molecule has 3 rings (SSSR count). The van der Waals surface area contributed by atoms with E-state index in [1.165, 1.54) is 11.1 Å². The van der Waals surface area contributed by atoms with Gasteiger partial charge in [-0.05, 0) is 22.8 Å². The first-order chi connectivity index (χ1) is 7.83. The summed E-state index contributed by atoms with van der Waals surface area (Å²) in [6, 6.07) is 0. The molecule has 1 nitrogen and oxygen atoms in total. The van der Waals surface area contributed by atoms with Gasteiger partial charge >= 0.3 is 0 Å². The van der Waals surface area contributed by atoms with Crippen LogP contribution in [-0.2, 0) is 4.74 Å². The molecule has 2 aliphatic carbocycles. The Kier molecular flexibility index (Phi) is 2.17. The van der Waals surface area contributed by atoms with Gasteiger partial charge in [-0.3, -0.25) is 0 Å². The zero-order valence-electron chi connectivity index (χ0n) is 9.15. The van der Waals surface area contributed by atoms with Gasteiger partial charge in [-0.1, -0.05) is 43.0 Å². The van der Waals surface area contributed by atoms with Crippen molar-refractivity contribution in [3.63, 3.8) is 0 Å². The van der Waals surface area contributed by atoms with E-state index in [1.807, 2.05) is 6.08 Å². The molecule has 1 saturated heterocycles. The summed E-state index contributed by atoms with van der Waals surface area (Å²) in [4.78, 5) is 0. The van der Waals surface area contributed by atoms with Crippen molar-refractivity contribution >= 4 is 0 Å². The Labute approximate surface area is 95.8 Å². The highest BCUT2D eigenvalue weighted by Crippen LogP contribution is 2.35. The van der Waals surface area contributed by atoms with Crippen LogP contribution < -0.4 is 0 Å². The van der Waals surface area contributed by atoms with Crippen molar-refractivity contribution in [2.45, 2.75) is 6.42 Å². The molecule has 0 saturated carbocycles. The number of hydrogen-bond donors (Lipinski definition) is 0. The summed E-state index contributed by atoms with van der Waals surface area (Å²) in [6.45, 7) is 4.78. The van der Waals surface area contributed by atoms with Crippen molar-refractivity contribution < 1.29 is 4.74 Å². The van der Waals surface area contributed by atoms with Gasteiger partial charge < -0.3 is 4.74 Å². The van der Waals surface area contributed by atoms with E-state index in [4.69, 9.17) is 4.74 Å². The standard InChI is InChI=1S/C15H14O/c1-11-3-2-4-12-10-15-14(7-8-16-15)9-13(12)6-5-11/h2-6,9-10,13H,1,7-8H2. The van der Waals surface area contributed by atoms with Crippen molar-refractivity contribution in [1.82, 2.24) is 0 Å². The van der Waals surface area contributed by atoms with Crippen molar-refractivity contribution in [3.05, 3.63) is 71.6 Å². The van der Waals surface area contributed by atoms with E-state index >= 15 is 0 Å². The summed E-state index contributed by atoms with van der Waals surface area (Å²) in [5.74, 6) is 1.44. The Morgan fingerprint density at radius 2 is 2.25 bits per heavy atom. The Balaban J connectivity index is 2.04. The molecule has 80 valence electrons. The zero-order chi connectivity index (χ0) is 11.0. The number of ether oxygens (including phenoxy) is 1. The minimum absolute atomic E-state index is 0.377. The number of hydrogen-bond acceptors (Lipinski definition) is 1. The molecule has 0 bridgehead atoms. The first kappa shape index (κ1) is 9.46. The van der Waals surface area contributed by atoms with Crippen LogP contribution in [0.5, 0.6) is 0 Å². The van der Waals surface area contributed by atoms with Gasteiger partial charge in [0.25, 0.3) is 0 Å². The maximum atomic E-state index is 5.59. The Bertz CT molecular complexity index is 484. The zero-order valence-corrected chi connectivity index (χ0v) is 9.15.